The molecule has 4 rings (SSSR count). The Morgan fingerprint density at radius 3 is 2.58 bits per heavy atom. The van der Waals surface area contributed by atoms with Gasteiger partial charge in [-0.25, -0.2) is 9.37 Å². The van der Waals surface area contributed by atoms with E-state index in [4.69, 9.17) is 0 Å². The van der Waals surface area contributed by atoms with Crippen LogP contribution >= 0.6 is 0 Å². The zero-order valence-corrected chi connectivity index (χ0v) is 14.9. The molecule has 0 aliphatic rings. The summed E-state index contributed by atoms with van der Waals surface area (Å²) in [6.45, 7) is 1.77. The van der Waals surface area contributed by atoms with Gasteiger partial charge < -0.3 is 4.90 Å². The summed E-state index contributed by atoms with van der Waals surface area (Å²) in [5.74, 6) is 0.798. The van der Waals surface area contributed by atoms with Crippen LogP contribution in [-0.2, 0) is 0 Å². The molecule has 4 nitrogen and oxygen atoms in total. The van der Waals surface area contributed by atoms with E-state index >= 15 is 0 Å². The average molecular weight is 346 g/mol. The number of aromatic nitrogens is 3. The van der Waals surface area contributed by atoms with Crippen LogP contribution in [0.4, 0.5) is 10.2 Å². The molecule has 0 fully saturated rings. The van der Waals surface area contributed by atoms with Crippen LogP contribution < -0.4 is 4.90 Å². The Morgan fingerprint density at radius 2 is 1.81 bits per heavy atom. The minimum absolute atomic E-state index is 0.207. The zero-order chi connectivity index (χ0) is 18.3. The van der Waals surface area contributed by atoms with E-state index in [1.54, 1.807) is 19.2 Å². The highest BCUT2D eigenvalue weighted by Gasteiger charge is 2.12. The smallest absolute Gasteiger partial charge is 0.138 e. The molecule has 0 aliphatic heterocycles. The lowest BCUT2D eigenvalue weighted by Gasteiger charge is -2.13. The van der Waals surface area contributed by atoms with E-state index in [2.05, 4.69) is 20.6 Å². The summed E-state index contributed by atoms with van der Waals surface area (Å²) in [7, 11) is 3.99. The number of halogens is 1. The Balaban J connectivity index is 1.90. The molecule has 3 heterocycles. The van der Waals surface area contributed by atoms with Gasteiger partial charge in [0.2, 0.25) is 0 Å². The normalized spacial score (nSPS) is 11.1. The van der Waals surface area contributed by atoms with Crippen molar-refractivity contribution in [1.29, 1.82) is 0 Å². The largest absolute Gasteiger partial charge is 0.363 e. The average Bonchev–Trinajstić information content (AvgIpc) is 3.07. The Labute approximate surface area is 151 Å². The number of hydrogen-bond donors (Lipinski definition) is 0. The molecule has 0 N–H and O–H groups in total. The molecule has 1 aromatic carbocycles. The summed E-state index contributed by atoms with van der Waals surface area (Å²) >= 11 is 0. The number of aryl methyl sites for hydroxylation is 1. The van der Waals surface area contributed by atoms with Crippen LogP contribution in [0.25, 0.3) is 28.0 Å². The van der Waals surface area contributed by atoms with Gasteiger partial charge in [0.15, 0.2) is 0 Å². The van der Waals surface area contributed by atoms with Gasteiger partial charge in [-0.2, -0.15) is 0 Å². The number of anilines is 1. The SMILES string of the molecule is Cc1cc(-c2ncccc2-c2ccc3ncc(N(C)C)n3c2)ccc1F. The summed E-state index contributed by atoms with van der Waals surface area (Å²) in [4.78, 5) is 11.0. The van der Waals surface area contributed by atoms with E-state index in [0.717, 1.165) is 33.8 Å². The van der Waals surface area contributed by atoms with Crippen molar-refractivity contribution in [2.24, 2.45) is 0 Å². The third-order valence-corrected chi connectivity index (χ3v) is 4.49. The highest BCUT2D eigenvalue weighted by molar-refractivity contribution is 5.81. The van der Waals surface area contributed by atoms with Crippen molar-refractivity contribution in [2.75, 3.05) is 19.0 Å². The molecule has 130 valence electrons. The fourth-order valence-corrected chi connectivity index (χ4v) is 3.12. The number of fused-ring (bicyclic) bond motifs is 1. The van der Waals surface area contributed by atoms with Gasteiger partial charge in [0.1, 0.15) is 17.3 Å². The molecular formula is C21H19FN4. The molecular weight excluding hydrogens is 327 g/mol. The van der Waals surface area contributed by atoms with Gasteiger partial charge in [-0.1, -0.05) is 6.07 Å². The maximum atomic E-state index is 13.7. The molecule has 0 atom stereocenters. The first-order valence-electron chi connectivity index (χ1n) is 8.41. The molecule has 0 amide bonds. The van der Waals surface area contributed by atoms with E-state index in [1.807, 2.05) is 55.5 Å². The highest BCUT2D eigenvalue weighted by atomic mass is 19.1. The second-order valence-electron chi connectivity index (χ2n) is 6.52. The van der Waals surface area contributed by atoms with Crippen LogP contribution in [0.1, 0.15) is 5.56 Å². The summed E-state index contributed by atoms with van der Waals surface area (Å²) in [5, 5.41) is 0. The Kier molecular flexibility index (Phi) is 3.92. The maximum absolute atomic E-state index is 13.7. The number of nitrogens with zero attached hydrogens (tertiary/aromatic N) is 4. The molecule has 26 heavy (non-hydrogen) atoms. The van der Waals surface area contributed by atoms with Gasteiger partial charge in [-0.05, 0) is 48.9 Å². The second-order valence-corrected chi connectivity index (χ2v) is 6.52. The maximum Gasteiger partial charge on any atom is 0.138 e. The molecule has 0 radical (unpaired) electrons. The van der Waals surface area contributed by atoms with Crippen LogP contribution in [0.2, 0.25) is 0 Å². The van der Waals surface area contributed by atoms with Gasteiger partial charge >= 0.3 is 0 Å². The van der Waals surface area contributed by atoms with Crippen molar-refractivity contribution in [3.63, 3.8) is 0 Å². The molecule has 4 aromatic rings. The summed E-state index contributed by atoms with van der Waals surface area (Å²) in [5.41, 5.74) is 5.27. The van der Waals surface area contributed by atoms with Crippen molar-refractivity contribution < 1.29 is 4.39 Å². The topological polar surface area (TPSA) is 33.4 Å². The highest BCUT2D eigenvalue weighted by Crippen LogP contribution is 2.31. The first kappa shape index (κ1) is 16.3. The van der Waals surface area contributed by atoms with Crippen LogP contribution in [-0.4, -0.2) is 28.5 Å². The summed E-state index contributed by atoms with van der Waals surface area (Å²) in [6.07, 6.45) is 5.68. The van der Waals surface area contributed by atoms with Gasteiger partial charge in [0.25, 0.3) is 0 Å². The van der Waals surface area contributed by atoms with Crippen LogP contribution in [0, 0.1) is 12.7 Å². The number of benzene rings is 1. The van der Waals surface area contributed by atoms with Gasteiger partial charge in [0, 0.05) is 43.2 Å². The third kappa shape index (κ3) is 2.71. The van der Waals surface area contributed by atoms with Crippen molar-refractivity contribution in [3.8, 4) is 22.4 Å². The fourth-order valence-electron chi connectivity index (χ4n) is 3.12. The number of hydrogen-bond acceptors (Lipinski definition) is 3. The predicted octanol–water partition coefficient (Wildman–Crippen LogP) is 4.58. The lowest BCUT2D eigenvalue weighted by atomic mass is 9.99. The molecule has 0 aliphatic carbocycles. The van der Waals surface area contributed by atoms with Crippen LogP contribution in [0.15, 0.2) is 61.1 Å². The minimum Gasteiger partial charge on any atom is -0.363 e. The molecule has 0 saturated carbocycles. The standard InChI is InChI=1S/C21H19FN4/c1-14-11-15(6-8-18(14)22)21-17(5-4-10-23-21)16-7-9-19-24-12-20(25(2)3)26(19)13-16/h4-13H,1-3H3. The van der Waals surface area contributed by atoms with Crippen molar-refractivity contribution in [2.45, 2.75) is 6.92 Å². The molecule has 0 spiro atoms. The van der Waals surface area contributed by atoms with E-state index in [9.17, 15) is 4.39 Å². The first-order chi connectivity index (χ1) is 12.5. The molecule has 0 saturated heterocycles. The Morgan fingerprint density at radius 1 is 1.00 bits per heavy atom. The first-order valence-corrected chi connectivity index (χ1v) is 8.41. The minimum atomic E-state index is -0.207. The van der Waals surface area contributed by atoms with E-state index in [0.29, 0.717) is 5.56 Å². The Bertz CT molecular complexity index is 1100. The van der Waals surface area contributed by atoms with Crippen LogP contribution in [0.5, 0.6) is 0 Å². The number of rotatable bonds is 3. The third-order valence-electron chi connectivity index (χ3n) is 4.49. The monoisotopic (exact) mass is 346 g/mol. The van der Waals surface area contributed by atoms with Crippen molar-refractivity contribution >= 4 is 11.5 Å². The van der Waals surface area contributed by atoms with Gasteiger partial charge in [-0.15, -0.1) is 0 Å². The second kappa shape index (κ2) is 6.26. The Hall–Kier alpha value is -3.21. The lowest BCUT2D eigenvalue weighted by Crippen LogP contribution is -2.11. The number of imidazole rings is 1. The van der Waals surface area contributed by atoms with E-state index < -0.39 is 0 Å². The van der Waals surface area contributed by atoms with Gasteiger partial charge in [-0.3, -0.25) is 9.38 Å². The summed E-state index contributed by atoms with van der Waals surface area (Å²) in [6, 6.07) is 13.1. The summed E-state index contributed by atoms with van der Waals surface area (Å²) < 4.78 is 15.7. The van der Waals surface area contributed by atoms with Crippen molar-refractivity contribution in [3.05, 3.63) is 72.4 Å². The number of pyridine rings is 2. The molecule has 0 bridgehead atoms. The quantitative estimate of drug-likeness (QED) is 0.544. The lowest BCUT2D eigenvalue weighted by molar-refractivity contribution is 0.619. The van der Waals surface area contributed by atoms with E-state index in [-0.39, 0.29) is 5.82 Å². The van der Waals surface area contributed by atoms with Crippen LogP contribution in [0.3, 0.4) is 0 Å². The van der Waals surface area contributed by atoms with Crippen molar-refractivity contribution in [1.82, 2.24) is 14.4 Å². The predicted molar refractivity (Wildman–Crippen MR) is 103 cm³/mol. The van der Waals surface area contributed by atoms with Gasteiger partial charge in [0.05, 0.1) is 11.9 Å². The molecule has 3 aromatic heterocycles. The zero-order valence-electron chi connectivity index (χ0n) is 14.9. The van der Waals surface area contributed by atoms with E-state index in [1.165, 1.54) is 6.07 Å². The molecule has 0 unspecified atom stereocenters. The molecule has 5 heteroatoms. The fraction of sp³-hybridized carbons (Fsp3) is 0.143.